The van der Waals surface area contributed by atoms with E-state index in [1.165, 1.54) is 12.8 Å². The Morgan fingerprint density at radius 2 is 1.45 bits per heavy atom. The molecule has 6 rings (SSSR count). The van der Waals surface area contributed by atoms with Gasteiger partial charge in [-0.3, -0.25) is 9.59 Å². The maximum absolute atomic E-state index is 12.8. The lowest BCUT2D eigenvalue weighted by molar-refractivity contribution is -0.125. The van der Waals surface area contributed by atoms with E-state index >= 15 is 0 Å². The Kier molecular flexibility index (Phi) is 5.91. The van der Waals surface area contributed by atoms with Crippen LogP contribution in [-0.4, -0.2) is 36.2 Å². The first kappa shape index (κ1) is 20.4. The Bertz CT molecular complexity index is 921. The maximum Gasteiger partial charge on any atom is 0.229 e. The summed E-state index contributed by atoms with van der Waals surface area (Å²) in [6.45, 7) is 3.21. The molecule has 4 nitrogen and oxygen atoms in total. The maximum atomic E-state index is 12.8. The number of amides is 1. The average molecular weight is 417 g/mol. The summed E-state index contributed by atoms with van der Waals surface area (Å²) in [5.41, 5.74) is 4.22. The van der Waals surface area contributed by atoms with E-state index in [2.05, 4.69) is 46.6 Å². The molecule has 4 heteroatoms. The largest absolute Gasteiger partial charge is 0.326 e. The van der Waals surface area contributed by atoms with Crippen LogP contribution in [-0.2, 0) is 16.0 Å². The van der Waals surface area contributed by atoms with Gasteiger partial charge in [0.1, 0.15) is 5.78 Å². The molecular weight excluding hydrogens is 384 g/mol. The van der Waals surface area contributed by atoms with Gasteiger partial charge in [-0.15, -0.1) is 0 Å². The van der Waals surface area contributed by atoms with E-state index in [1.807, 2.05) is 12.1 Å². The second-order valence-corrected chi connectivity index (χ2v) is 9.63. The molecule has 4 fully saturated rings. The van der Waals surface area contributed by atoms with Crippen LogP contribution in [0.5, 0.6) is 0 Å². The van der Waals surface area contributed by atoms with E-state index in [-0.39, 0.29) is 17.7 Å². The van der Waals surface area contributed by atoms with Crippen molar-refractivity contribution >= 4 is 17.4 Å². The third kappa shape index (κ3) is 4.59. The number of Topliss-reactive ketones (excluding diaryl/α,β-unsaturated/α-hetero) is 1. The van der Waals surface area contributed by atoms with Gasteiger partial charge in [0.05, 0.1) is 5.92 Å². The summed E-state index contributed by atoms with van der Waals surface area (Å²) in [4.78, 5) is 27.6. The van der Waals surface area contributed by atoms with Gasteiger partial charge in [-0.1, -0.05) is 49.2 Å². The van der Waals surface area contributed by atoms with Crippen molar-refractivity contribution in [3.05, 3.63) is 54.1 Å². The molecule has 0 spiro atoms. The van der Waals surface area contributed by atoms with Crippen molar-refractivity contribution in [1.29, 1.82) is 0 Å². The highest BCUT2D eigenvalue weighted by molar-refractivity contribution is 5.93. The van der Waals surface area contributed by atoms with Crippen LogP contribution < -0.4 is 5.32 Å². The van der Waals surface area contributed by atoms with Gasteiger partial charge < -0.3 is 10.2 Å². The molecule has 1 saturated carbocycles. The first-order chi connectivity index (χ1) is 15.2. The molecule has 31 heavy (non-hydrogen) atoms. The van der Waals surface area contributed by atoms with E-state index in [0.717, 1.165) is 67.7 Å². The van der Waals surface area contributed by atoms with Crippen molar-refractivity contribution in [2.75, 3.05) is 25.0 Å². The zero-order valence-electron chi connectivity index (χ0n) is 18.2. The fourth-order valence-electron chi connectivity index (χ4n) is 5.65. The Balaban J connectivity index is 1.19. The van der Waals surface area contributed by atoms with Gasteiger partial charge in [0.15, 0.2) is 0 Å². The molecule has 3 aliphatic heterocycles. The molecule has 0 radical (unpaired) electrons. The van der Waals surface area contributed by atoms with E-state index in [4.69, 9.17) is 0 Å². The molecule has 1 aliphatic carbocycles. The van der Waals surface area contributed by atoms with E-state index in [0.29, 0.717) is 18.1 Å². The Morgan fingerprint density at radius 3 is 2.03 bits per heavy atom. The average Bonchev–Trinajstić information content (AvgIpc) is 3.36. The van der Waals surface area contributed by atoms with Gasteiger partial charge in [0.25, 0.3) is 0 Å². The molecular formula is C27H32N2O2. The number of benzene rings is 2. The van der Waals surface area contributed by atoms with E-state index in [9.17, 15) is 9.59 Å². The van der Waals surface area contributed by atoms with Crippen molar-refractivity contribution in [3.63, 3.8) is 0 Å². The standard InChI is InChI=1S/C27H32N2O2/c30-26(23-3-1-2-4-23)17-19-5-7-20(8-6-19)21-9-11-24(12-10-21)28-27(31)25-18-29-15-13-22(25)14-16-29/h5-12,22-23,25H,1-4,13-18H2,(H,28,31)/t25-/m0/s1. The minimum Gasteiger partial charge on any atom is -0.326 e. The molecule has 3 heterocycles. The van der Waals surface area contributed by atoms with Gasteiger partial charge in [0, 0.05) is 24.6 Å². The van der Waals surface area contributed by atoms with Crippen LogP contribution in [0.1, 0.15) is 44.1 Å². The van der Waals surface area contributed by atoms with Gasteiger partial charge >= 0.3 is 0 Å². The first-order valence-electron chi connectivity index (χ1n) is 11.9. The normalized spacial score (nSPS) is 25.5. The topological polar surface area (TPSA) is 49.4 Å². The van der Waals surface area contributed by atoms with Crippen molar-refractivity contribution in [2.45, 2.75) is 44.9 Å². The smallest absolute Gasteiger partial charge is 0.229 e. The number of fused-ring (bicyclic) bond motifs is 3. The number of ketones is 1. The molecule has 3 saturated heterocycles. The third-order valence-electron chi connectivity index (χ3n) is 7.62. The number of carbonyl (C=O) groups is 2. The lowest BCUT2D eigenvalue weighted by Gasteiger charge is -2.43. The van der Waals surface area contributed by atoms with Gasteiger partial charge in [-0.2, -0.15) is 0 Å². The number of nitrogens with one attached hydrogen (secondary N) is 1. The molecule has 1 atom stereocenters. The summed E-state index contributed by atoms with van der Waals surface area (Å²) in [5, 5.41) is 3.13. The van der Waals surface area contributed by atoms with Crippen LogP contribution in [0.25, 0.3) is 11.1 Å². The van der Waals surface area contributed by atoms with Crippen LogP contribution >= 0.6 is 0 Å². The van der Waals surface area contributed by atoms with Gasteiger partial charge in [0.2, 0.25) is 5.91 Å². The SMILES string of the molecule is O=C(Cc1ccc(-c2ccc(NC(=O)[C@H]3CN4CCC3CC4)cc2)cc1)C1CCCC1. The number of hydrogen-bond acceptors (Lipinski definition) is 3. The van der Waals surface area contributed by atoms with Gasteiger partial charge in [-0.05, 0) is 73.5 Å². The lowest BCUT2D eigenvalue weighted by atomic mass is 9.78. The van der Waals surface area contributed by atoms with Crippen LogP contribution in [0, 0.1) is 17.8 Å². The molecule has 0 aromatic heterocycles. The highest BCUT2D eigenvalue weighted by Crippen LogP contribution is 2.33. The highest BCUT2D eigenvalue weighted by Gasteiger charge is 2.38. The monoisotopic (exact) mass is 416 g/mol. The first-order valence-corrected chi connectivity index (χ1v) is 11.9. The summed E-state index contributed by atoms with van der Waals surface area (Å²) >= 11 is 0. The summed E-state index contributed by atoms with van der Waals surface area (Å²) in [6, 6.07) is 16.4. The summed E-state index contributed by atoms with van der Waals surface area (Å²) in [7, 11) is 0. The summed E-state index contributed by atoms with van der Waals surface area (Å²) in [6.07, 6.45) is 7.39. The molecule has 162 valence electrons. The summed E-state index contributed by atoms with van der Waals surface area (Å²) in [5.74, 6) is 1.51. The van der Waals surface area contributed by atoms with Crippen LogP contribution in [0.3, 0.4) is 0 Å². The second-order valence-electron chi connectivity index (χ2n) is 9.63. The molecule has 2 aromatic rings. The number of piperidine rings is 3. The minimum absolute atomic E-state index is 0.127. The van der Waals surface area contributed by atoms with Gasteiger partial charge in [-0.25, -0.2) is 0 Å². The number of carbonyl (C=O) groups excluding carboxylic acids is 2. The fourth-order valence-corrected chi connectivity index (χ4v) is 5.65. The van der Waals surface area contributed by atoms with Crippen LogP contribution in [0.2, 0.25) is 0 Å². The van der Waals surface area contributed by atoms with Crippen molar-refractivity contribution in [3.8, 4) is 11.1 Å². The Morgan fingerprint density at radius 1 is 0.839 bits per heavy atom. The zero-order valence-corrected chi connectivity index (χ0v) is 18.2. The molecule has 1 amide bonds. The number of anilines is 1. The summed E-state index contributed by atoms with van der Waals surface area (Å²) < 4.78 is 0. The molecule has 2 bridgehead atoms. The van der Waals surface area contributed by atoms with E-state index in [1.54, 1.807) is 0 Å². The van der Waals surface area contributed by atoms with E-state index < -0.39 is 0 Å². The number of rotatable bonds is 6. The predicted octanol–water partition coefficient (Wildman–Crippen LogP) is 4.94. The fraction of sp³-hybridized carbons (Fsp3) is 0.481. The number of nitrogens with zero attached hydrogens (tertiary/aromatic N) is 1. The zero-order chi connectivity index (χ0) is 21.2. The molecule has 0 unspecified atom stereocenters. The predicted molar refractivity (Wildman–Crippen MR) is 124 cm³/mol. The van der Waals surface area contributed by atoms with Crippen molar-refractivity contribution < 1.29 is 9.59 Å². The van der Waals surface area contributed by atoms with Crippen LogP contribution in [0.15, 0.2) is 48.5 Å². The third-order valence-corrected chi connectivity index (χ3v) is 7.62. The quantitative estimate of drug-likeness (QED) is 0.726. The van der Waals surface area contributed by atoms with Crippen molar-refractivity contribution in [1.82, 2.24) is 4.90 Å². The molecule has 4 aliphatic rings. The molecule has 1 N–H and O–H groups in total. The Hall–Kier alpha value is -2.46. The Labute approximate surface area is 185 Å². The highest BCUT2D eigenvalue weighted by atomic mass is 16.2. The minimum atomic E-state index is 0.127. The second kappa shape index (κ2) is 8.96. The van der Waals surface area contributed by atoms with Crippen molar-refractivity contribution in [2.24, 2.45) is 17.8 Å². The molecule has 2 aromatic carbocycles. The lowest BCUT2D eigenvalue weighted by Crippen LogP contribution is -2.51. The number of hydrogen-bond donors (Lipinski definition) is 1. The van der Waals surface area contributed by atoms with Crippen LogP contribution in [0.4, 0.5) is 5.69 Å².